The number of fused-ring (bicyclic) bond motifs is 2. The van der Waals surface area contributed by atoms with Crippen LogP contribution in [0.5, 0.6) is 17.2 Å². The van der Waals surface area contributed by atoms with Crippen molar-refractivity contribution in [2.24, 2.45) is 28.8 Å². The summed E-state index contributed by atoms with van der Waals surface area (Å²) in [6.45, 7) is 9.78. The summed E-state index contributed by atoms with van der Waals surface area (Å²) in [6.07, 6.45) is 13.0. The third-order valence-electron chi connectivity index (χ3n) is 13.1. The number of benzene rings is 2. The normalized spacial score (nSPS) is 27.6. The van der Waals surface area contributed by atoms with Gasteiger partial charge in [-0.15, -0.1) is 6.58 Å². The van der Waals surface area contributed by atoms with E-state index < -0.39 is 24.0 Å². The Morgan fingerprint density at radius 1 is 0.950 bits per heavy atom. The Balaban J connectivity index is 1.42. The highest BCUT2D eigenvalue weighted by Gasteiger charge is 2.66. The van der Waals surface area contributed by atoms with Gasteiger partial charge in [-0.2, -0.15) is 0 Å². The van der Waals surface area contributed by atoms with Crippen LogP contribution in [-0.2, 0) is 23.8 Å². The van der Waals surface area contributed by atoms with Crippen molar-refractivity contribution < 1.29 is 48.6 Å². The van der Waals surface area contributed by atoms with Crippen molar-refractivity contribution in [3.05, 3.63) is 77.4 Å². The number of hydrogen-bond acceptors (Lipinski definition) is 11. The molecule has 3 aliphatic carbocycles. The van der Waals surface area contributed by atoms with E-state index >= 15 is 0 Å². The fraction of sp³-hybridized carbons (Fsp3) is 0.625. The van der Waals surface area contributed by atoms with Gasteiger partial charge in [0.2, 0.25) is 18.0 Å². The molecule has 3 fully saturated rings. The Morgan fingerprint density at radius 3 is 2.45 bits per heavy atom. The largest absolute Gasteiger partial charge is 0.459 e. The van der Waals surface area contributed by atoms with E-state index in [4.69, 9.17) is 33.7 Å². The van der Waals surface area contributed by atoms with Gasteiger partial charge in [-0.3, -0.25) is 4.79 Å². The number of aryl methyl sites for hydroxylation is 2. The molecule has 7 unspecified atom stereocenters. The number of amides is 1. The topological polar surface area (TPSA) is 149 Å². The van der Waals surface area contributed by atoms with Gasteiger partial charge in [0.25, 0.3) is 0 Å². The highest BCUT2D eigenvalue weighted by molar-refractivity contribution is 6.03. The summed E-state index contributed by atoms with van der Waals surface area (Å²) >= 11 is 0. The predicted octanol–water partition coefficient (Wildman–Crippen LogP) is 7.50. The Labute approximate surface area is 355 Å². The van der Waals surface area contributed by atoms with Gasteiger partial charge in [-0.25, -0.2) is 0 Å². The molecule has 1 saturated heterocycles. The minimum atomic E-state index is -1.36. The van der Waals surface area contributed by atoms with Crippen LogP contribution in [-0.4, -0.2) is 103 Å². The first-order chi connectivity index (χ1) is 29.3. The third kappa shape index (κ3) is 9.95. The van der Waals surface area contributed by atoms with Crippen LogP contribution < -0.4 is 9.47 Å². The van der Waals surface area contributed by atoms with E-state index in [2.05, 4.69) is 44.7 Å². The maximum absolute atomic E-state index is 14.6. The van der Waals surface area contributed by atoms with Crippen LogP contribution in [0.3, 0.4) is 0 Å². The van der Waals surface area contributed by atoms with Crippen LogP contribution in [0.2, 0.25) is 0 Å². The van der Waals surface area contributed by atoms with E-state index in [0.29, 0.717) is 37.4 Å². The van der Waals surface area contributed by atoms with Crippen LogP contribution in [0.4, 0.5) is 0 Å². The fourth-order valence-electron chi connectivity index (χ4n) is 9.86. The molecule has 2 heterocycles. The maximum Gasteiger partial charge on any atom is 0.239 e. The quantitative estimate of drug-likeness (QED) is 0.0619. The van der Waals surface area contributed by atoms with Crippen molar-refractivity contribution in [3.8, 4) is 17.2 Å². The van der Waals surface area contributed by atoms with Gasteiger partial charge in [0, 0.05) is 50.0 Å². The van der Waals surface area contributed by atoms with E-state index in [-0.39, 0.29) is 75.8 Å². The SMILES string of the molecule is C=CCOC12Oc3ccc(Oc4ccc(C)c(C)c4)cc3C3C(CCCCO)C(CCCCO)C=C(C(=NOC4CCCCO4)CC1N(CCOCCO)C(=O)C1CC1)C32. The van der Waals surface area contributed by atoms with E-state index in [9.17, 15) is 20.1 Å². The van der Waals surface area contributed by atoms with Crippen molar-refractivity contribution >= 4 is 11.6 Å². The lowest BCUT2D eigenvalue weighted by molar-refractivity contribution is -0.258. The fourth-order valence-corrected chi connectivity index (χ4v) is 9.86. The monoisotopic (exact) mass is 830 g/mol. The van der Waals surface area contributed by atoms with Crippen LogP contribution in [0.15, 0.2) is 65.9 Å². The van der Waals surface area contributed by atoms with Crippen LogP contribution >= 0.6 is 0 Å². The molecule has 12 heteroatoms. The molecule has 7 atom stereocenters. The van der Waals surface area contributed by atoms with Crippen molar-refractivity contribution in [1.82, 2.24) is 4.90 Å². The third-order valence-corrected chi connectivity index (χ3v) is 13.1. The van der Waals surface area contributed by atoms with Gasteiger partial charge in [-0.1, -0.05) is 36.2 Å². The van der Waals surface area contributed by atoms with Gasteiger partial charge < -0.3 is 48.7 Å². The zero-order valence-electron chi connectivity index (χ0n) is 35.6. The summed E-state index contributed by atoms with van der Waals surface area (Å²) in [5.41, 5.74) is 5.04. The van der Waals surface area contributed by atoms with Crippen molar-refractivity contribution in [3.63, 3.8) is 0 Å². The van der Waals surface area contributed by atoms with Gasteiger partial charge in [0.15, 0.2) is 0 Å². The maximum atomic E-state index is 14.6. The number of nitrogens with zero attached hydrogens (tertiary/aromatic N) is 2. The second-order valence-corrected chi connectivity index (χ2v) is 17.2. The number of carbonyl (C=O) groups is 1. The van der Waals surface area contributed by atoms with E-state index in [0.717, 1.165) is 85.9 Å². The molecule has 2 saturated carbocycles. The minimum Gasteiger partial charge on any atom is -0.459 e. The number of oxime groups is 1. The molecule has 0 bridgehead atoms. The van der Waals surface area contributed by atoms with Crippen LogP contribution in [0, 0.1) is 37.5 Å². The smallest absolute Gasteiger partial charge is 0.239 e. The van der Waals surface area contributed by atoms with Crippen molar-refractivity contribution in [1.29, 1.82) is 0 Å². The minimum absolute atomic E-state index is 0.0257. The number of unbranched alkanes of at least 4 members (excludes halogenated alkanes) is 2. The molecule has 5 aliphatic rings. The van der Waals surface area contributed by atoms with E-state index in [1.165, 1.54) is 5.56 Å². The van der Waals surface area contributed by atoms with Gasteiger partial charge in [0.05, 0.1) is 44.7 Å². The average Bonchev–Trinajstić information content (AvgIpc) is 4.11. The predicted molar refractivity (Wildman–Crippen MR) is 228 cm³/mol. The lowest BCUT2D eigenvalue weighted by atomic mass is 9.55. The second-order valence-electron chi connectivity index (χ2n) is 17.2. The molecule has 7 rings (SSSR count). The summed E-state index contributed by atoms with van der Waals surface area (Å²) in [7, 11) is 0. The standard InChI is InChI=1S/C48H66N2O10/c1-4-24-57-48-43(50(20-26-55-27-23-53)47(54)34-15-16-34)31-41(49-60-44-13-7-10-25-56-44)39-29-35(11-5-8-21-51)38(12-6-9-22-52)45(46(39)48)40-30-37(18-19-42(40)59-48)58-36-17-14-32(2)33(3)28-36/h4,14,17-19,28-30,34-35,38,43-46,51-53H,1,5-13,15-16,20-27,31H2,2-3H3. The molecule has 0 aromatic heterocycles. The number of carbonyl (C=O) groups excluding carboxylic acids is 1. The first kappa shape index (κ1) is 44.3. The number of rotatable bonds is 22. The Morgan fingerprint density at radius 2 is 1.73 bits per heavy atom. The van der Waals surface area contributed by atoms with E-state index in [1.54, 1.807) is 6.08 Å². The van der Waals surface area contributed by atoms with Gasteiger partial charge >= 0.3 is 0 Å². The van der Waals surface area contributed by atoms with Gasteiger partial charge in [0.1, 0.15) is 23.3 Å². The number of allylic oxidation sites excluding steroid dienone is 1. The summed E-state index contributed by atoms with van der Waals surface area (Å²) in [4.78, 5) is 22.8. The molecule has 2 aliphatic heterocycles. The first-order valence-electron chi connectivity index (χ1n) is 22.4. The molecule has 3 N–H and O–H groups in total. The lowest BCUT2D eigenvalue weighted by Crippen LogP contribution is -2.70. The summed E-state index contributed by atoms with van der Waals surface area (Å²) in [5, 5.41) is 34.4. The zero-order chi connectivity index (χ0) is 42.1. The zero-order valence-corrected chi connectivity index (χ0v) is 35.6. The van der Waals surface area contributed by atoms with Gasteiger partial charge in [-0.05, 0) is 124 Å². The molecule has 2 aromatic carbocycles. The second kappa shape index (κ2) is 20.9. The molecule has 1 amide bonds. The summed E-state index contributed by atoms with van der Waals surface area (Å²) in [5.74, 6) is 0.235. The Bertz CT molecular complexity index is 1820. The molecule has 328 valence electrons. The number of aliphatic hydroxyl groups excluding tert-OH is 3. The summed E-state index contributed by atoms with van der Waals surface area (Å²) < 4.78 is 32.9. The Hall–Kier alpha value is -3.78. The average molecular weight is 831 g/mol. The number of aliphatic hydroxyl groups is 3. The molecule has 0 radical (unpaired) electrons. The molecule has 2 aromatic rings. The summed E-state index contributed by atoms with van der Waals surface area (Å²) in [6, 6.07) is 11.5. The highest BCUT2D eigenvalue weighted by Crippen LogP contribution is 2.62. The highest BCUT2D eigenvalue weighted by atomic mass is 16.8. The first-order valence-corrected chi connectivity index (χ1v) is 22.4. The number of ether oxygens (including phenoxy) is 5. The number of hydrogen-bond donors (Lipinski definition) is 3. The van der Waals surface area contributed by atoms with Crippen LogP contribution in [0.25, 0.3) is 0 Å². The molecule has 12 nitrogen and oxygen atoms in total. The molecule has 0 spiro atoms. The van der Waals surface area contributed by atoms with Crippen LogP contribution in [0.1, 0.15) is 99.7 Å². The lowest BCUT2D eigenvalue weighted by Gasteiger charge is -2.60. The molecule has 60 heavy (non-hydrogen) atoms. The van der Waals surface area contributed by atoms with Crippen molar-refractivity contribution in [2.45, 2.75) is 115 Å². The Kier molecular flexibility index (Phi) is 15.4. The molecular formula is C48H66N2O10. The molecular weight excluding hydrogens is 765 g/mol. The van der Waals surface area contributed by atoms with E-state index in [1.807, 2.05) is 23.1 Å². The van der Waals surface area contributed by atoms with Crippen molar-refractivity contribution in [2.75, 3.05) is 52.8 Å².